The van der Waals surface area contributed by atoms with E-state index in [1.165, 1.54) is 35.2 Å². The van der Waals surface area contributed by atoms with Crippen LogP contribution in [0, 0.1) is 5.82 Å². The van der Waals surface area contributed by atoms with Gasteiger partial charge in [-0.3, -0.25) is 0 Å². The second-order valence-electron chi connectivity index (χ2n) is 3.53. The van der Waals surface area contributed by atoms with Crippen LogP contribution in [-0.4, -0.2) is 16.7 Å². The van der Waals surface area contributed by atoms with Gasteiger partial charge in [0, 0.05) is 16.2 Å². The molecular formula is C12H8Cl2FNOS2. The van der Waals surface area contributed by atoms with Gasteiger partial charge in [0.2, 0.25) is 0 Å². The Morgan fingerprint density at radius 1 is 1.37 bits per heavy atom. The molecule has 0 aliphatic heterocycles. The molecule has 0 radical (unpaired) electrons. The highest BCUT2D eigenvalue weighted by molar-refractivity contribution is 8.00. The Morgan fingerprint density at radius 2 is 2.16 bits per heavy atom. The Hall–Kier alpha value is -0.750. The third-order valence-electron chi connectivity index (χ3n) is 2.26. The largest absolute Gasteiger partial charge is 0.411 e. The molecule has 1 aromatic carbocycles. The van der Waals surface area contributed by atoms with Crippen molar-refractivity contribution in [3.8, 4) is 0 Å². The average molecular weight is 336 g/mol. The van der Waals surface area contributed by atoms with Crippen molar-refractivity contribution in [2.24, 2.45) is 5.16 Å². The predicted molar refractivity (Wildman–Crippen MR) is 79.8 cm³/mol. The molecule has 0 amide bonds. The van der Waals surface area contributed by atoms with Gasteiger partial charge in [-0.2, -0.15) is 0 Å². The molecule has 0 saturated heterocycles. The fourth-order valence-electron chi connectivity index (χ4n) is 1.41. The molecule has 0 aliphatic rings. The molecule has 2 aromatic rings. The normalized spacial score (nSPS) is 11.8. The van der Waals surface area contributed by atoms with Crippen LogP contribution in [0.5, 0.6) is 0 Å². The summed E-state index contributed by atoms with van der Waals surface area (Å²) < 4.78 is 14.0. The van der Waals surface area contributed by atoms with Gasteiger partial charge in [0.05, 0.1) is 10.0 Å². The van der Waals surface area contributed by atoms with Gasteiger partial charge in [0.15, 0.2) is 0 Å². The maximum Gasteiger partial charge on any atom is 0.124 e. The van der Waals surface area contributed by atoms with E-state index >= 15 is 0 Å². The molecule has 2 rings (SSSR count). The van der Waals surface area contributed by atoms with Gasteiger partial charge in [0.25, 0.3) is 0 Å². The SMILES string of the molecule is O/N=C(/CSc1cccc(F)c1)c1cc(Cl)sc1Cl. The lowest BCUT2D eigenvalue weighted by atomic mass is 10.2. The molecule has 1 N–H and O–H groups in total. The van der Waals surface area contributed by atoms with Crippen molar-refractivity contribution < 1.29 is 9.60 Å². The summed E-state index contributed by atoms with van der Waals surface area (Å²) in [7, 11) is 0. The lowest BCUT2D eigenvalue weighted by molar-refractivity contribution is 0.319. The van der Waals surface area contributed by atoms with Gasteiger partial charge < -0.3 is 5.21 Å². The van der Waals surface area contributed by atoms with Gasteiger partial charge in [-0.05, 0) is 24.3 Å². The minimum atomic E-state index is -0.302. The van der Waals surface area contributed by atoms with E-state index in [0.29, 0.717) is 25.7 Å². The summed E-state index contributed by atoms with van der Waals surface area (Å²) in [6.45, 7) is 0. The Labute approximate surface area is 127 Å². The molecule has 2 nitrogen and oxygen atoms in total. The zero-order chi connectivity index (χ0) is 13.8. The molecule has 100 valence electrons. The molecule has 7 heteroatoms. The van der Waals surface area contributed by atoms with Crippen molar-refractivity contribution in [3.63, 3.8) is 0 Å². The van der Waals surface area contributed by atoms with E-state index in [0.717, 1.165) is 4.90 Å². The first-order valence-electron chi connectivity index (χ1n) is 5.14. The first-order chi connectivity index (χ1) is 9.10. The Morgan fingerprint density at radius 3 is 2.74 bits per heavy atom. The average Bonchev–Trinajstić information content (AvgIpc) is 2.70. The smallest absolute Gasteiger partial charge is 0.124 e. The molecular weight excluding hydrogens is 328 g/mol. The molecule has 0 saturated carbocycles. The van der Waals surface area contributed by atoms with Crippen LogP contribution in [0.25, 0.3) is 0 Å². The zero-order valence-corrected chi connectivity index (χ0v) is 12.6. The minimum Gasteiger partial charge on any atom is -0.411 e. The van der Waals surface area contributed by atoms with Crippen LogP contribution in [0.15, 0.2) is 40.4 Å². The quantitative estimate of drug-likeness (QED) is 0.362. The van der Waals surface area contributed by atoms with E-state index in [1.54, 1.807) is 18.2 Å². The van der Waals surface area contributed by atoms with E-state index in [1.807, 2.05) is 0 Å². The molecule has 0 bridgehead atoms. The third kappa shape index (κ3) is 3.86. The summed E-state index contributed by atoms with van der Waals surface area (Å²) in [6, 6.07) is 7.85. The molecule has 0 spiro atoms. The standard InChI is InChI=1S/C12H8Cl2FNOS2/c13-11-5-9(12(14)19-11)10(16-17)6-18-8-3-1-2-7(15)4-8/h1-5,17H,6H2/b16-10-. The lowest BCUT2D eigenvalue weighted by Gasteiger charge is -2.03. The lowest BCUT2D eigenvalue weighted by Crippen LogP contribution is -2.03. The number of oxime groups is 1. The summed E-state index contributed by atoms with van der Waals surface area (Å²) in [5.41, 5.74) is 1.01. The number of thioether (sulfide) groups is 1. The number of rotatable bonds is 4. The number of hydrogen-bond donors (Lipinski definition) is 1. The van der Waals surface area contributed by atoms with E-state index in [-0.39, 0.29) is 5.82 Å². The molecule has 1 heterocycles. The van der Waals surface area contributed by atoms with E-state index in [4.69, 9.17) is 28.4 Å². The van der Waals surface area contributed by atoms with Crippen molar-refractivity contribution in [2.75, 3.05) is 5.75 Å². The molecule has 1 aromatic heterocycles. The van der Waals surface area contributed by atoms with Crippen molar-refractivity contribution in [1.82, 2.24) is 0 Å². The second-order valence-corrected chi connectivity index (χ2v) is 6.86. The molecule has 0 fully saturated rings. The van der Waals surface area contributed by atoms with Crippen molar-refractivity contribution in [1.29, 1.82) is 0 Å². The highest BCUT2D eigenvalue weighted by Gasteiger charge is 2.13. The van der Waals surface area contributed by atoms with Crippen LogP contribution in [0.3, 0.4) is 0 Å². The Balaban J connectivity index is 2.11. The number of hydrogen-bond acceptors (Lipinski definition) is 4. The van der Waals surface area contributed by atoms with Gasteiger partial charge in [-0.25, -0.2) is 4.39 Å². The highest BCUT2D eigenvalue weighted by Crippen LogP contribution is 2.32. The highest BCUT2D eigenvalue weighted by atomic mass is 35.5. The van der Waals surface area contributed by atoms with Crippen LogP contribution >= 0.6 is 46.3 Å². The number of benzene rings is 1. The Bertz CT molecular complexity index is 616. The Kier molecular flexibility index (Phi) is 5.10. The summed E-state index contributed by atoms with van der Waals surface area (Å²) >= 11 is 14.4. The number of halogens is 3. The maximum atomic E-state index is 13.0. The first-order valence-corrected chi connectivity index (χ1v) is 7.70. The monoisotopic (exact) mass is 335 g/mol. The molecule has 0 unspecified atom stereocenters. The third-order valence-corrected chi connectivity index (χ3v) is 4.75. The molecule has 0 atom stereocenters. The van der Waals surface area contributed by atoms with Crippen LogP contribution in [0.4, 0.5) is 4.39 Å². The fraction of sp³-hybridized carbons (Fsp3) is 0.0833. The zero-order valence-electron chi connectivity index (χ0n) is 9.44. The number of thiophene rings is 1. The minimum absolute atomic E-state index is 0.302. The fourth-order valence-corrected chi connectivity index (χ4v) is 3.80. The van der Waals surface area contributed by atoms with Crippen molar-refractivity contribution in [2.45, 2.75) is 4.90 Å². The summed E-state index contributed by atoms with van der Waals surface area (Å²) in [6.07, 6.45) is 0. The summed E-state index contributed by atoms with van der Waals surface area (Å²) in [4.78, 5) is 0.749. The van der Waals surface area contributed by atoms with Crippen LogP contribution in [-0.2, 0) is 0 Å². The van der Waals surface area contributed by atoms with Gasteiger partial charge in [0.1, 0.15) is 10.2 Å². The first kappa shape index (κ1) is 14.7. The predicted octanol–water partition coefficient (Wildman–Crippen LogP) is 5.16. The van der Waals surface area contributed by atoms with E-state index in [2.05, 4.69) is 5.16 Å². The van der Waals surface area contributed by atoms with Gasteiger partial charge in [-0.15, -0.1) is 23.1 Å². The van der Waals surface area contributed by atoms with Gasteiger partial charge >= 0.3 is 0 Å². The van der Waals surface area contributed by atoms with Crippen molar-refractivity contribution >= 4 is 52.0 Å². The summed E-state index contributed by atoms with van der Waals surface area (Å²) in [5, 5.41) is 12.3. The van der Waals surface area contributed by atoms with Crippen LogP contribution < -0.4 is 0 Å². The maximum absolute atomic E-state index is 13.0. The van der Waals surface area contributed by atoms with Crippen LogP contribution in [0.1, 0.15) is 5.56 Å². The second kappa shape index (κ2) is 6.61. The number of nitrogens with zero attached hydrogens (tertiary/aromatic N) is 1. The van der Waals surface area contributed by atoms with E-state index < -0.39 is 0 Å². The molecule has 0 aliphatic carbocycles. The summed E-state index contributed by atoms with van der Waals surface area (Å²) in [5.74, 6) is 0.0660. The van der Waals surface area contributed by atoms with E-state index in [9.17, 15) is 4.39 Å². The van der Waals surface area contributed by atoms with Gasteiger partial charge in [-0.1, -0.05) is 34.4 Å². The molecule has 19 heavy (non-hydrogen) atoms. The van der Waals surface area contributed by atoms with Crippen molar-refractivity contribution in [3.05, 3.63) is 50.4 Å². The topological polar surface area (TPSA) is 32.6 Å². The van der Waals surface area contributed by atoms with Crippen LogP contribution in [0.2, 0.25) is 8.67 Å².